The van der Waals surface area contributed by atoms with Crippen LogP contribution >= 0.6 is 0 Å². The van der Waals surface area contributed by atoms with Crippen molar-refractivity contribution in [3.05, 3.63) is 84.2 Å². The minimum Gasteiger partial charge on any atom is -0.352 e. The third kappa shape index (κ3) is 6.21. The number of nitrogens with one attached hydrogen (secondary N) is 3. The average molecular weight is 390 g/mol. The number of rotatable bonds is 7. The van der Waals surface area contributed by atoms with Crippen molar-refractivity contribution in [3.63, 3.8) is 0 Å². The number of carbonyl (C=O) groups is 1. The molecule has 1 amide bonds. The molecule has 0 aliphatic rings. The van der Waals surface area contributed by atoms with Crippen LogP contribution in [0.1, 0.15) is 24.1 Å². The third-order valence-electron chi connectivity index (χ3n) is 4.41. The Morgan fingerprint density at radius 2 is 1.97 bits per heavy atom. The number of amides is 1. The summed E-state index contributed by atoms with van der Waals surface area (Å²) in [6.07, 6.45) is 3.41. The van der Waals surface area contributed by atoms with Crippen molar-refractivity contribution in [2.24, 2.45) is 4.99 Å². The molecule has 0 aliphatic heterocycles. The van der Waals surface area contributed by atoms with Gasteiger partial charge in [-0.2, -0.15) is 5.10 Å². The maximum absolute atomic E-state index is 12.1. The van der Waals surface area contributed by atoms with E-state index in [4.69, 9.17) is 0 Å². The van der Waals surface area contributed by atoms with Crippen LogP contribution in [0, 0.1) is 0 Å². The first-order valence-electron chi connectivity index (χ1n) is 9.52. The number of hydrogen-bond donors (Lipinski definition) is 3. The molecule has 0 saturated heterocycles. The van der Waals surface area contributed by atoms with Gasteiger partial charge in [-0.15, -0.1) is 0 Å². The first kappa shape index (κ1) is 20.1. The third-order valence-corrected chi connectivity index (χ3v) is 4.41. The molecule has 0 fully saturated rings. The lowest BCUT2D eigenvalue weighted by Crippen LogP contribution is -2.38. The number of aliphatic imine (C=N–C) groups is 1. The Balaban J connectivity index is 1.53. The lowest BCUT2D eigenvalue weighted by Gasteiger charge is -2.18. The molecule has 1 atom stereocenters. The molecule has 1 aromatic heterocycles. The van der Waals surface area contributed by atoms with Gasteiger partial charge in [0, 0.05) is 31.7 Å². The molecule has 3 N–H and O–H groups in total. The lowest BCUT2D eigenvalue weighted by molar-refractivity contribution is -0.116. The van der Waals surface area contributed by atoms with Crippen LogP contribution in [-0.4, -0.2) is 28.7 Å². The predicted molar refractivity (Wildman–Crippen MR) is 115 cm³/mol. The van der Waals surface area contributed by atoms with Gasteiger partial charge in [-0.1, -0.05) is 42.5 Å². The minimum atomic E-state index is -0.118. The van der Waals surface area contributed by atoms with Gasteiger partial charge >= 0.3 is 0 Å². The Hall–Kier alpha value is -3.61. The molecule has 150 valence electrons. The Morgan fingerprint density at radius 3 is 2.69 bits per heavy atom. The van der Waals surface area contributed by atoms with Gasteiger partial charge in [-0.25, -0.2) is 0 Å². The zero-order chi connectivity index (χ0) is 20.5. The minimum absolute atomic E-state index is 0.118. The summed E-state index contributed by atoms with van der Waals surface area (Å²) >= 11 is 0. The van der Waals surface area contributed by atoms with Crippen LogP contribution in [0.3, 0.4) is 0 Å². The first-order valence-corrected chi connectivity index (χ1v) is 9.52. The smallest absolute Gasteiger partial charge is 0.246 e. The van der Waals surface area contributed by atoms with E-state index in [1.54, 1.807) is 30.2 Å². The molecule has 2 aromatic carbocycles. The summed E-state index contributed by atoms with van der Waals surface area (Å²) < 4.78 is 1.59. The van der Waals surface area contributed by atoms with E-state index in [0.29, 0.717) is 6.54 Å². The highest BCUT2D eigenvalue weighted by atomic mass is 16.2. The SMILES string of the molecule is CN=C(NCc1cccc(NC(=O)Cn2cccn2)c1)NC(C)c1ccccc1. The fourth-order valence-corrected chi connectivity index (χ4v) is 2.91. The Morgan fingerprint density at radius 1 is 1.14 bits per heavy atom. The molecular formula is C22H26N6O. The molecule has 0 spiro atoms. The van der Waals surface area contributed by atoms with Crippen molar-refractivity contribution in [1.82, 2.24) is 20.4 Å². The summed E-state index contributed by atoms with van der Waals surface area (Å²) in [5, 5.41) is 13.6. The van der Waals surface area contributed by atoms with Crippen LogP contribution in [-0.2, 0) is 17.9 Å². The van der Waals surface area contributed by atoms with E-state index in [9.17, 15) is 4.79 Å². The molecule has 7 heteroatoms. The van der Waals surface area contributed by atoms with E-state index in [0.717, 1.165) is 17.2 Å². The standard InChI is InChI=1S/C22H26N6O/c1-17(19-9-4-3-5-10-19)26-22(23-2)24-15-18-8-6-11-20(14-18)27-21(29)16-28-13-7-12-25-28/h3-14,17H,15-16H2,1-2H3,(H,27,29)(H2,23,24,26). The van der Waals surface area contributed by atoms with Crippen molar-refractivity contribution in [3.8, 4) is 0 Å². The number of aromatic nitrogens is 2. The van der Waals surface area contributed by atoms with Crippen LogP contribution < -0.4 is 16.0 Å². The number of nitrogens with zero attached hydrogens (tertiary/aromatic N) is 3. The summed E-state index contributed by atoms with van der Waals surface area (Å²) in [6.45, 7) is 2.87. The fraction of sp³-hybridized carbons (Fsp3) is 0.227. The Bertz CT molecular complexity index is 937. The topological polar surface area (TPSA) is 83.3 Å². The zero-order valence-corrected chi connectivity index (χ0v) is 16.7. The molecule has 1 heterocycles. The van der Waals surface area contributed by atoms with E-state index in [2.05, 4.69) is 45.1 Å². The van der Waals surface area contributed by atoms with Crippen molar-refractivity contribution < 1.29 is 4.79 Å². The summed E-state index contributed by atoms with van der Waals surface area (Å²) in [6, 6.07) is 19.9. The molecule has 0 aliphatic carbocycles. The fourth-order valence-electron chi connectivity index (χ4n) is 2.91. The molecule has 0 bridgehead atoms. The highest BCUT2D eigenvalue weighted by Crippen LogP contribution is 2.12. The Labute approximate surface area is 170 Å². The van der Waals surface area contributed by atoms with Crippen molar-refractivity contribution >= 4 is 17.6 Å². The van der Waals surface area contributed by atoms with Crippen LogP contribution in [0.15, 0.2) is 78.0 Å². The second kappa shape index (κ2) is 10.1. The largest absolute Gasteiger partial charge is 0.352 e. The van der Waals surface area contributed by atoms with Crippen molar-refractivity contribution in [1.29, 1.82) is 0 Å². The van der Waals surface area contributed by atoms with E-state index < -0.39 is 0 Å². The maximum atomic E-state index is 12.1. The molecule has 1 unspecified atom stereocenters. The molecule has 3 aromatic rings. The molecule has 0 saturated carbocycles. The first-order chi connectivity index (χ1) is 14.1. The lowest BCUT2D eigenvalue weighted by atomic mass is 10.1. The highest BCUT2D eigenvalue weighted by Gasteiger charge is 2.08. The second-order valence-corrected chi connectivity index (χ2v) is 6.65. The van der Waals surface area contributed by atoms with Gasteiger partial charge in [0.15, 0.2) is 5.96 Å². The zero-order valence-electron chi connectivity index (χ0n) is 16.7. The number of hydrogen-bond acceptors (Lipinski definition) is 3. The van der Waals surface area contributed by atoms with Gasteiger partial charge in [0.1, 0.15) is 6.54 Å². The van der Waals surface area contributed by atoms with E-state index in [-0.39, 0.29) is 18.5 Å². The molecular weight excluding hydrogens is 364 g/mol. The second-order valence-electron chi connectivity index (χ2n) is 6.65. The molecule has 7 nitrogen and oxygen atoms in total. The van der Waals surface area contributed by atoms with Gasteiger partial charge in [0.25, 0.3) is 0 Å². The van der Waals surface area contributed by atoms with Crippen LogP contribution in [0.25, 0.3) is 0 Å². The van der Waals surface area contributed by atoms with Crippen LogP contribution in [0.4, 0.5) is 5.69 Å². The summed E-state index contributed by atoms with van der Waals surface area (Å²) in [5.41, 5.74) is 2.98. The van der Waals surface area contributed by atoms with Gasteiger partial charge in [0.2, 0.25) is 5.91 Å². The quantitative estimate of drug-likeness (QED) is 0.428. The normalized spacial score (nSPS) is 12.3. The Kier molecular flexibility index (Phi) is 7.00. The van der Waals surface area contributed by atoms with E-state index in [1.807, 2.05) is 42.5 Å². The van der Waals surface area contributed by atoms with Gasteiger partial charge in [-0.3, -0.25) is 14.5 Å². The van der Waals surface area contributed by atoms with E-state index in [1.165, 1.54) is 5.56 Å². The predicted octanol–water partition coefficient (Wildman–Crippen LogP) is 2.95. The number of benzene rings is 2. The van der Waals surface area contributed by atoms with Crippen molar-refractivity contribution in [2.45, 2.75) is 26.1 Å². The van der Waals surface area contributed by atoms with Gasteiger partial charge in [0.05, 0.1) is 6.04 Å². The summed E-state index contributed by atoms with van der Waals surface area (Å²) in [7, 11) is 1.75. The van der Waals surface area contributed by atoms with Crippen LogP contribution in [0.5, 0.6) is 0 Å². The summed E-state index contributed by atoms with van der Waals surface area (Å²) in [5.74, 6) is 0.599. The molecule has 3 rings (SSSR count). The number of anilines is 1. The van der Waals surface area contributed by atoms with Crippen molar-refractivity contribution in [2.75, 3.05) is 12.4 Å². The monoisotopic (exact) mass is 390 g/mol. The summed E-state index contributed by atoms with van der Waals surface area (Å²) in [4.78, 5) is 16.4. The molecule has 29 heavy (non-hydrogen) atoms. The maximum Gasteiger partial charge on any atom is 0.246 e. The number of guanidine groups is 1. The average Bonchev–Trinajstić information content (AvgIpc) is 3.24. The van der Waals surface area contributed by atoms with E-state index >= 15 is 0 Å². The highest BCUT2D eigenvalue weighted by molar-refractivity contribution is 5.90. The van der Waals surface area contributed by atoms with Gasteiger partial charge < -0.3 is 16.0 Å². The number of carbonyl (C=O) groups excluding carboxylic acids is 1. The van der Waals surface area contributed by atoms with Crippen LogP contribution in [0.2, 0.25) is 0 Å². The molecule has 0 radical (unpaired) electrons. The van der Waals surface area contributed by atoms with Gasteiger partial charge in [-0.05, 0) is 36.2 Å².